The zero-order valence-corrected chi connectivity index (χ0v) is 13.6. The molecule has 0 N–H and O–H groups in total. The summed E-state index contributed by atoms with van der Waals surface area (Å²) in [5.41, 5.74) is 2.41. The van der Waals surface area contributed by atoms with Crippen LogP contribution in [0.3, 0.4) is 0 Å². The molecule has 0 unspecified atom stereocenters. The van der Waals surface area contributed by atoms with Crippen LogP contribution in [0.5, 0.6) is 0 Å². The largest absolute Gasteiger partial charge is 0.279 e. The molecule has 1 rings (SSSR count). The quantitative estimate of drug-likeness (QED) is 0.727. The lowest BCUT2D eigenvalue weighted by molar-refractivity contribution is -0.110. The molecule has 0 aromatic heterocycles. The van der Waals surface area contributed by atoms with Crippen molar-refractivity contribution in [3.8, 4) is 0 Å². The Morgan fingerprint density at radius 2 is 1.65 bits per heavy atom. The average molecular weight is 318 g/mol. The van der Waals surface area contributed by atoms with Crippen molar-refractivity contribution in [2.75, 3.05) is 16.6 Å². The van der Waals surface area contributed by atoms with Crippen molar-refractivity contribution >= 4 is 32.6 Å². The highest BCUT2D eigenvalue weighted by Gasteiger charge is 2.26. The molecule has 0 bridgehead atoms. The molecule has 0 saturated carbocycles. The molecule has 0 atom stereocenters. The van der Waals surface area contributed by atoms with E-state index in [2.05, 4.69) is 0 Å². The topological polar surface area (TPSA) is 54.5 Å². The summed E-state index contributed by atoms with van der Waals surface area (Å²) in [4.78, 5) is 11.2. The van der Waals surface area contributed by atoms with Crippen LogP contribution < -0.4 is 4.31 Å². The van der Waals surface area contributed by atoms with Crippen LogP contribution in [0.4, 0.5) is 5.69 Å². The van der Waals surface area contributed by atoms with Crippen molar-refractivity contribution in [2.24, 2.45) is 0 Å². The summed E-state index contributed by atoms with van der Waals surface area (Å²) in [5, 5.41) is -0.685. The zero-order chi connectivity index (χ0) is 15.3. The van der Waals surface area contributed by atoms with Crippen LogP contribution in [-0.4, -0.2) is 26.0 Å². The van der Waals surface area contributed by atoms with E-state index in [0.717, 1.165) is 15.4 Å². The second-order valence-corrected chi connectivity index (χ2v) is 7.00. The number of carbonyl (C=O) groups excluding carboxylic acids is 1. The molecule has 0 aliphatic carbocycles. The van der Waals surface area contributed by atoms with Crippen LogP contribution in [0.1, 0.15) is 31.9 Å². The highest BCUT2D eigenvalue weighted by Crippen LogP contribution is 2.29. The molecule has 112 valence electrons. The van der Waals surface area contributed by atoms with Crippen molar-refractivity contribution in [2.45, 2.75) is 33.6 Å². The molecule has 0 fully saturated rings. The monoisotopic (exact) mass is 317 g/mol. The van der Waals surface area contributed by atoms with Crippen LogP contribution in [-0.2, 0) is 27.7 Å². The summed E-state index contributed by atoms with van der Waals surface area (Å²) in [5.74, 6) is -0.0711. The molecule has 0 amide bonds. The van der Waals surface area contributed by atoms with E-state index in [1.165, 1.54) is 0 Å². The molecular weight excluding hydrogens is 298 g/mol. The van der Waals surface area contributed by atoms with Crippen molar-refractivity contribution in [1.29, 1.82) is 0 Å². The number of carbonyl (C=O) groups is 1. The normalized spacial score (nSPS) is 11.4. The van der Waals surface area contributed by atoms with E-state index in [4.69, 9.17) is 11.6 Å². The fraction of sp³-hybridized carbons (Fsp3) is 0.500. The Hall–Kier alpha value is -1.07. The number of rotatable bonds is 7. The average Bonchev–Trinajstić information content (AvgIpc) is 2.43. The Bertz CT molecular complexity index is 562. The van der Waals surface area contributed by atoms with E-state index in [9.17, 15) is 13.2 Å². The predicted molar refractivity (Wildman–Crippen MR) is 82.9 cm³/mol. The minimum Gasteiger partial charge on any atom is -0.279 e. The molecule has 0 aliphatic heterocycles. The third kappa shape index (κ3) is 3.73. The van der Waals surface area contributed by atoms with E-state index in [1.807, 2.05) is 32.0 Å². The Labute approximate surface area is 125 Å². The minimum atomic E-state index is -3.55. The Balaban J connectivity index is 3.51. The van der Waals surface area contributed by atoms with Gasteiger partial charge in [0.15, 0.2) is 0 Å². The molecule has 0 radical (unpaired) electrons. The van der Waals surface area contributed by atoms with Crippen molar-refractivity contribution in [3.63, 3.8) is 0 Å². The molecule has 20 heavy (non-hydrogen) atoms. The lowest BCUT2D eigenvalue weighted by Crippen LogP contribution is -2.37. The summed E-state index contributed by atoms with van der Waals surface area (Å²) < 4.78 is 25.7. The summed E-state index contributed by atoms with van der Waals surface area (Å²) in [6, 6.07) is 5.66. The molecule has 1 aromatic rings. The van der Waals surface area contributed by atoms with Gasteiger partial charge in [0.1, 0.15) is 6.54 Å². The second-order valence-electron chi connectivity index (χ2n) is 4.39. The molecule has 0 aliphatic rings. The van der Waals surface area contributed by atoms with Crippen LogP contribution in [0.2, 0.25) is 0 Å². The SMILES string of the molecule is CCc1cccc(CC)c1N(CC(=O)Cl)S(=O)(=O)CC. The first-order valence-electron chi connectivity index (χ1n) is 6.66. The van der Waals surface area contributed by atoms with E-state index < -0.39 is 15.3 Å². The lowest BCUT2D eigenvalue weighted by Gasteiger charge is -2.27. The third-order valence-corrected chi connectivity index (χ3v) is 5.02. The van der Waals surface area contributed by atoms with Crippen LogP contribution >= 0.6 is 11.6 Å². The van der Waals surface area contributed by atoms with Gasteiger partial charge in [-0.1, -0.05) is 32.0 Å². The van der Waals surface area contributed by atoms with Crippen molar-refractivity contribution < 1.29 is 13.2 Å². The fourth-order valence-corrected chi connectivity index (χ4v) is 3.45. The van der Waals surface area contributed by atoms with Gasteiger partial charge in [-0.05, 0) is 42.5 Å². The minimum absolute atomic E-state index is 0.0711. The number of hydrogen-bond acceptors (Lipinski definition) is 3. The van der Waals surface area contributed by atoms with Gasteiger partial charge >= 0.3 is 0 Å². The third-order valence-electron chi connectivity index (χ3n) is 3.18. The number of halogens is 1. The first-order chi connectivity index (χ1) is 9.37. The Morgan fingerprint density at radius 1 is 1.15 bits per heavy atom. The van der Waals surface area contributed by atoms with Gasteiger partial charge in [-0.15, -0.1) is 0 Å². The van der Waals surface area contributed by atoms with E-state index in [0.29, 0.717) is 18.5 Å². The number of hydrogen-bond donors (Lipinski definition) is 0. The Kier molecular flexibility index (Phi) is 6.02. The maximum atomic E-state index is 12.3. The van der Waals surface area contributed by atoms with Crippen molar-refractivity contribution in [1.82, 2.24) is 0 Å². The molecule has 6 heteroatoms. The number of benzene rings is 1. The lowest BCUT2D eigenvalue weighted by atomic mass is 10.0. The van der Waals surface area contributed by atoms with Gasteiger partial charge in [0.05, 0.1) is 11.4 Å². The number of sulfonamides is 1. The standard InChI is InChI=1S/C14H20ClNO3S/c1-4-11-8-7-9-12(5-2)14(11)16(10-13(15)17)20(18,19)6-3/h7-9H,4-6,10H2,1-3H3. The summed E-state index contributed by atoms with van der Waals surface area (Å²) in [6.07, 6.45) is 1.38. The van der Waals surface area contributed by atoms with Gasteiger partial charge in [-0.25, -0.2) is 8.42 Å². The van der Waals surface area contributed by atoms with E-state index in [1.54, 1.807) is 6.92 Å². The molecule has 4 nitrogen and oxygen atoms in total. The second kappa shape index (κ2) is 7.09. The van der Waals surface area contributed by atoms with Crippen LogP contribution in [0.25, 0.3) is 0 Å². The summed E-state index contributed by atoms with van der Waals surface area (Å²) in [6.45, 7) is 5.14. The van der Waals surface area contributed by atoms with Crippen molar-refractivity contribution in [3.05, 3.63) is 29.3 Å². The predicted octanol–water partition coefficient (Wildman–Crippen LogP) is 2.73. The molecule has 0 heterocycles. The van der Waals surface area contributed by atoms with Crippen LogP contribution in [0, 0.1) is 0 Å². The van der Waals surface area contributed by atoms with E-state index >= 15 is 0 Å². The van der Waals surface area contributed by atoms with Gasteiger partial charge in [0, 0.05) is 0 Å². The summed E-state index contributed by atoms with van der Waals surface area (Å²) >= 11 is 5.43. The number of nitrogens with zero attached hydrogens (tertiary/aromatic N) is 1. The maximum absolute atomic E-state index is 12.3. The molecule has 1 aromatic carbocycles. The number of para-hydroxylation sites is 1. The maximum Gasteiger partial charge on any atom is 0.242 e. The first-order valence-corrected chi connectivity index (χ1v) is 8.65. The fourth-order valence-electron chi connectivity index (χ4n) is 2.12. The zero-order valence-electron chi connectivity index (χ0n) is 12.0. The van der Waals surface area contributed by atoms with Gasteiger partial charge < -0.3 is 0 Å². The Morgan fingerprint density at radius 3 is 2.00 bits per heavy atom. The van der Waals surface area contributed by atoms with Crippen LogP contribution in [0.15, 0.2) is 18.2 Å². The molecule has 0 saturated heterocycles. The van der Waals surface area contributed by atoms with E-state index in [-0.39, 0.29) is 12.3 Å². The highest BCUT2D eigenvalue weighted by atomic mass is 35.5. The first kappa shape index (κ1) is 17.0. The molecule has 0 spiro atoms. The smallest absolute Gasteiger partial charge is 0.242 e. The highest BCUT2D eigenvalue weighted by molar-refractivity contribution is 7.92. The van der Waals surface area contributed by atoms with Gasteiger partial charge in [0.2, 0.25) is 15.3 Å². The van der Waals surface area contributed by atoms with Gasteiger partial charge in [-0.2, -0.15) is 0 Å². The van der Waals surface area contributed by atoms with Gasteiger partial charge in [-0.3, -0.25) is 9.10 Å². The van der Waals surface area contributed by atoms with Gasteiger partial charge in [0.25, 0.3) is 0 Å². The summed E-state index contributed by atoms with van der Waals surface area (Å²) in [7, 11) is -3.55. The number of anilines is 1. The number of aryl methyl sites for hydroxylation is 2. The molecular formula is C14H20ClNO3S.